The summed E-state index contributed by atoms with van der Waals surface area (Å²) in [5, 5.41) is 14.2. The van der Waals surface area contributed by atoms with E-state index in [2.05, 4.69) is 36.6 Å². The number of rotatable bonds is 6. The predicted molar refractivity (Wildman–Crippen MR) is 132 cm³/mol. The van der Waals surface area contributed by atoms with Crippen molar-refractivity contribution >= 4 is 17.6 Å². The fourth-order valence-electron chi connectivity index (χ4n) is 4.63. The zero-order valence-electron chi connectivity index (χ0n) is 21.0. The Morgan fingerprint density at radius 3 is 2.42 bits per heavy atom. The van der Waals surface area contributed by atoms with Gasteiger partial charge >= 0.3 is 6.18 Å². The second kappa shape index (κ2) is 9.85. The fourth-order valence-corrected chi connectivity index (χ4v) is 4.63. The molecule has 0 spiro atoms. The van der Waals surface area contributed by atoms with Crippen LogP contribution < -0.4 is 21.5 Å². The zero-order valence-corrected chi connectivity index (χ0v) is 21.0. The molecule has 3 aromatic rings. The van der Waals surface area contributed by atoms with E-state index in [0.29, 0.717) is 6.42 Å². The number of anilines is 1. The summed E-state index contributed by atoms with van der Waals surface area (Å²) in [4.78, 5) is 28.1. The molecule has 14 heteroatoms. The number of nitrogens with zero attached hydrogens (tertiary/aromatic N) is 5. The molecule has 4 heterocycles. The molecule has 2 amide bonds. The summed E-state index contributed by atoms with van der Waals surface area (Å²) >= 11 is 0. The monoisotopic (exact) mass is 531 g/mol. The van der Waals surface area contributed by atoms with Gasteiger partial charge in [0.15, 0.2) is 5.69 Å². The lowest BCUT2D eigenvalue weighted by Gasteiger charge is -2.36. The van der Waals surface area contributed by atoms with Crippen molar-refractivity contribution in [1.29, 1.82) is 0 Å². The second-order valence-corrected chi connectivity index (χ2v) is 9.78. The predicted octanol–water partition coefficient (Wildman–Crippen LogP) is 1.98. The van der Waals surface area contributed by atoms with Gasteiger partial charge in [0.25, 0.3) is 11.8 Å². The molecule has 11 nitrogen and oxygen atoms in total. The highest BCUT2D eigenvalue weighted by atomic mass is 19.4. The largest absolute Gasteiger partial charge is 0.417 e. The van der Waals surface area contributed by atoms with Crippen molar-refractivity contribution in [3.8, 4) is 11.3 Å². The number of carbonyl (C=O) groups excluding carboxylic acids is 2. The lowest BCUT2D eigenvalue weighted by atomic mass is 10.0. The van der Waals surface area contributed by atoms with Gasteiger partial charge in [-0.3, -0.25) is 19.7 Å². The van der Waals surface area contributed by atoms with E-state index >= 15 is 0 Å². The summed E-state index contributed by atoms with van der Waals surface area (Å²) in [6.45, 7) is 3.43. The maximum atomic E-state index is 13.7. The van der Waals surface area contributed by atoms with Gasteiger partial charge in [0.2, 0.25) is 0 Å². The highest BCUT2D eigenvalue weighted by Crippen LogP contribution is 2.37. The van der Waals surface area contributed by atoms with Crippen molar-refractivity contribution in [2.75, 3.05) is 25.5 Å². The van der Waals surface area contributed by atoms with Gasteiger partial charge < -0.3 is 15.5 Å². The van der Waals surface area contributed by atoms with Crippen molar-refractivity contribution in [2.24, 2.45) is 7.05 Å². The highest BCUT2D eigenvalue weighted by molar-refractivity contribution is 6.05. The molecule has 2 aliphatic heterocycles. The number of nitrogens with one attached hydrogen (secondary N) is 4. The van der Waals surface area contributed by atoms with Crippen LogP contribution in [-0.2, 0) is 13.2 Å². The second-order valence-electron chi connectivity index (χ2n) is 9.78. The number of benzene rings is 1. The van der Waals surface area contributed by atoms with E-state index in [1.165, 1.54) is 33.8 Å². The smallest absolute Gasteiger partial charge is 0.345 e. The van der Waals surface area contributed by atoms with Gasteiger partial charge in [0.05, 0.1) is 17.3 Å². The molecule has 5 rings (SSSR count). The van der Waals surface area contributed by atoms with Crippen LogP contribution >= 0.6 is 0 Å². The van der Waals surface area contributed by atoms with Gasteiger partial charge in [0, 0.05) is 56.0 Å². The van der Waals surface area contributed by atoms with Crippen molar-refractivity contribution in [2.45, 2.75) is 37.8 Å². The van der Waals surface area contributed by atoms with Gasteiger partial charge in [-0.15, -0.1) is 0 Å². The number of amides is 2. The topological polar surface area (TPSA) is 121 Å². The van der Waals surface area contributed by atoms with Crippen LogP contribution in [-0.4, -0.2) is 68.5 Å². The third-order valence-electron chi connectivity index (χ3n) is 6.55. The number of carbonyl (C=O) groups is 2. The first-order valence-corrected chi connectivity index (χ1v) is 12.1. The first-order valence-electron chi connectivity index (χ1n) is 12.1. The van der Waals surface area contributed by atoms with Crippen LogP contribution in [0.3, 0.4) is 0 Å². The molecule has 0 aliphatic carbocycles. The Morgan fingerprint density at radius 1 is 1.05 bits per heavy atom. The van der Waals surface area contributed by atoms with Crippen LogP contribution in [0.15, 0.2) is 36.5 Å². The zero-order chi connectivity index (χ0) is 27.2. The third-order valence-corrected chi connectivity index (χ3v) is 6.55. The Bertz CT molecular complexity index is 1360. The third kappa shape index (κ3) is 5.28. The van der Waals surface area contributed by atoms with E-state index in [1.54, 1.807) is 7.05 Å². The van der Waals surface area contributed by atoms with Crippen LogP contribution in [0, 0.1) is 0 Å². The molecule has 202 valence electrons. The van der Waals surface area contributed by atoms with E-state index in [-0.39, 0.29) is 52.5 Å². The minimum atomic E-state index is -4.63. The number of hydrazine groups is 1. The first-order chi connectivity index (χ1) is 18.0. The number of hydrogen-bond donors (Lipinski definition) is 4. The summed E-state index contributed by atoms with van der Waals surface area (Å²) in [6, 6.07) is 6.19. The van der Waals surface area contributed by atoms with E-state index < -0.39 is 17.6 Å². The summed E-state index contributed by atoms with van der Waals surface area (Å²) in [5.74, 6) is -0.787. The van der Waals surface area contributed by atoms with Crippen molar-refractivity contribution in [3.05, 3.63) is 53.3 Å². The summed E-state index contributed by atoms with van der Waals surface area (Å²) in [5.41, 5.74) is 5.27. The quantitative estimate of drug-likeness (QED) is 0.384. The Morgan fingerprint density at radius 2 is 1.82 bits per heavy atom. The molecular weight excluding hydrogens is 503 g/mol. The Labute approximate surface area is 216 Å². The average molecular weight is 532 g/mol. The van der Waals surface area contributed by atoms with Crippen LogP contribution in [0.4, 0.5) is 19.0 Å². The molecule has 2 atom stereocenters. The Balaban J connectivity index is 1.44. The number of hydrogen-bond acceptors (Lipinski definition) is 7. The minimum Gasteiger partial charge on any atom is -0.345 e. The number of alkyl halides is 3. The summed E-state index contributed by atoms with van der Waals surface area (Å²) < 4.78 is 44.0. The SMILES string of the molecule is CC1CC(n2nc(C(=O)NC3CN(C)C3)cc2NC(=O)c2ccc(C(F)(F)F)c(-c3ccn(C)n3)c2)NN1. The average Bonchev–Trinajstić information content (AvgIpc) is 3.57. The highest BCUT2D eigenvalue weighted by Gasteiger charge is 2.35. The Kier molecular flexibility index (Phi) is 6.71. The lowest BCUT2D eigenvalue weighted by molar-refractivity contribution is -0.137. The number of aromatic nitrogens is 4. The number of aryl methyl sites for hydroxylation is 1. The van der Waals surface area contributed by atoms with Crippen molar-refractivity contribution in [3.63, 3.8) is 0 Å². The molecule has 2 fully saturated rings. The minimum absolute atomic E-state index is 0.000726. The molecule has 0 radical (unpaired) electrons. The molecule has 1 aromatic carbocycles. The molecule has 38 heavy (non-hydrogen) atoms. The van der Waals surface area contributed by atoms with E-state index in [9.17, 15) is 22.8 Å². The van der Waals surface area contributed by atoms with Gasteiger partial charge in [-0.1, -0.05) is 0 Å². The molecule has 0 saturated carbocycles. The van der Waals surface area contributed by atoms with Crippen LogP contribution in [0.25, 0.3) is 11.3 Å². The normalized spacial score (nSPS) is 20.4. The number of likely N-dealkylation sites (tertiary alicyclic amines) is 1. The van der Waals surface area contributed by atoms with Gasteiger partial charge in [-0.25, -0.2) is 10.1 Å². The van der Waals surface area contributed by atoms with Crippen LogP contribution in [0.5, 0.6) is 0 Å². The lowest BCUT2D eigenvalue weighted by Crippen LogP contribution is -2.57. The van der Waals surface area contributed by atoms with E-state index in [1.807, 2.05) is 14.0 Å². The molecule has 2 saturated heterocycles. The van der Waals surface area contributed by atoms with Crippen molar-refractivity contribution < 1.29 is 22.8 Å². The molecule has 4 N–H and O–H groups in total. The molecule has 2 aromatic heterocycles. The first kappa shape index (κ1) is 25.9. The summed E-state index contributed by atoms with van der Waals surface area (Å²) in [7, 11) is 3.55. The van der Waals surface area contributed by atoms with Gasteiger partial charge in [-0.2, -0.15) is 23.4 Å². The van der Waals surface area contributed by atoms with Gasteiger partial charge in [0.1, 0.15) is 12.0 Å². The van der Waals surface area contributed by atoms with Crippen LogP contribution in [0.2, 0.25) is 0 Å². The molecule has 0 bridgehead atoms. The number of likely N-dealkylation sites (N-methyl/N-ethyl adjacent to an activating group) is 1. The van der Waals surface area contributed by atoms with Gasteiger partial charge in [-0.05, 0) is 38.2 Å². The maximum absolute atomic E-state index is 13.7. The fraction of sp³-hybridized carbons (Fsp3) is 0.417. The Hall–Kier alpha value is -3.75. The van der Waals surface area contributed by atoms with Crippen molar-refractivity contribution in [1.82, 2.24) is 40.6 Å². The van der Waals surface area contributed by atoms with Crippen LogP contribution in [0.1, 0.15) is 45.9 Å². The maximum Gasteiger partial charge on any atom is 0.417 e. The number of halogens is 3. The van der Waals surface area contributed by atoms with E-state index in [0.717, 1.165) is 25.2 Å². The molecule has 2 unspecified atom stereocenters. The van der Waals surface area contributed by atoms with E-state index in [4.69, 9.17) is 0 Å². The molecule has 2 aliphatic rings. The standard InChI is InChI=1S/C24H28F3N9O2/c1-13-8-21(31-30-13)36-20(10-19(33-36)23(38)28-15-11-34(2)12-15)29-22(37)14-4-5-17(24(25,26)27)16(9-14)18-6-7-35(3)32-18/h4-7,9-10,13,15,21,30-31H,8,11-12H2,1-3H3,(H,28,38)(H,29,37). The molecular formula is C24H28F3N9O2. The summed E-state index contributed by atoms with van der Waals surface area (Å²) in [6.07, 6.45) is -2.83.